The molecule has 40 heavy (non-hydrogen) atoms. The highest BCUT2D eigenvalue weighted by atomic mass is 35.5. The molecule has 218 valence electrons. The summed E-state index contributed by atoms with van der Waals surface area (Å²) in [7, 11) is 0. The quantitative estimate of drug-likeness (QED) is 0.382. The van der Waals surface area contributed by atoms with Crippen molar-refractivity contribution in [3.8, 4) is 0 Å². The number of hydrogen-bond acceptors (Lipinski definition) is 5. The molecular formula is C31H42ClN3O5. The summed E-state index contributed by atoms with van der Waals surface area (Å²) in [6.45, 7) is 16.2. The molecule has 9 heteroatoms. The highest BCUT2D eigenvalue weighted by Crippen LogP contribution is 2.66. The average molecular weight is 572 g/mol. The van der Waals surface area contributed by atoms with Crippen molar-refractivity contribution in [2.45, 2.75) is 70.2 Å². The van der Waals surface area contributed by atoms with Crippen LogP contribution < -0.4 is 4.90 Å². The topological polar surface area (TPSA) is 90.4 Å². The van der Waals surface area contributed by atoms with E-state index in [1.165, 1.54) is 9.80 Å². The lowest BCUT2D eigenvalue weighted by Gasteiger charge is -2.39. The fraction of sp³-hybridized carbons (Fsp3) is 0.581. The van der Waals surface area contributed by atoms with E-state index in [0.717, 1.165) is 6.42 Å². The smallest absolute Gasteiger partial charge is 0.253 e. The van der Waals surface area contributed by atoms with Crippen molar-refractivity contribution in [2.24, 2.45) is 17.8 Å². The van der Waals surface area contributed by atoms with Gasteiger partial charge in [0.1, 0.15) is 11.6 Å². The Hall–Kier alpha value is -2.68. The number of carbonyl (C=O) groups excluding carboxylic acids is 3. The Balaban J connectivity index is 1.89. The molecule has 3 saturated heterocycles. The molecule has 3 amide bonds. The van der Waals surface area contributed by atoms with Crippen molar-refractivity contribution in [1.82, 2.24) is 9.80 Å². The number of halogens is 1. The zero-order valence-corrected chi connectivity index (χ0v) is 24.8. The fourth-order valence-corrected chi connectivity index (χ4v) is 7.55. The van der Waals surface area contributed by atoms with Crippen LogP contribution >= 0.6 is 11.6 Å². The van der Waals surface area contributed by atoms with Gasteiger partial charge in [-0.2, -0.15) is 0 Å². The minimum atomic E-state index is -1.22. The summed E-state index contributed by atoms with van der Waals surface area (Å²) in [4.78, 5) is 48.1. The van der Waals surface area contributed by atoms with Gasteiger partial charge in [-0.25, -0.2) is 0 Å². The first-order chi connectivity index (χ1) is 19.1. The summed E-state index contributed by atoms with van der Waals surface area (Å²) in [6.07, 6.45) is 4.94. The molecule has 0 radical (unpaired) electrons. The Bertz CT molecular complexity index is 1170. The molecule has 1 aromatic rings. The van der Waals surface area contributed by atoms with Gasteiger partial charge in [0.25, 0.3) is 5.91 Å². The van der Waals surface area contributed by atoms with Gasteiger partial charge in [0.2, 0.25) is 11.8 Å². The average Bonchev–Trinajstić information content (AvgIpc) is 3.44. The van der Waals surface area contributed by atoms with E-state index >= 15 is 0 Å². The normalized spacial score (nSPS) is 31.1. The largest absolute Gasteiger partial charge is 0.394 e. The van der Waals surface area contributed by atoms with E-state index in [9.17, 15) is 19.5 Å². The van der Waals surface area contributed by atoms with Crippen molar-refractivity contribution < 1.29 is 24.2 Å². The number of anilines is 1. The molecule has 1 aromatic carbocycles. The van der Waals surface area contributed by atoms with Crippen LogP contribution in [-0.4, -0.2) is 82.2 Å². The maximum absolute atomic E-state index is 14.7. The molecule has 0 aromatic heterocycles. The molecule has 0 saturated carbocycles. The molecule has 8 nitrogen and oxygen atoms in total. The van der Waals surface area contributed by atoms with Crippen LogP contribution in [0.5, 0.6) is 0 Å². The van der Waals surface area contributed by atoms with Crippen molar-refractivity contribution in [3.63, 3.8) is 0 Å². The number of aliphatic hydroxyl groups excluding tert-OH is 1. The molecule has 1 spiro atoms. The summed E-state index contributed by atoms with van der Waals surface area (Å²) in [6, 6.07) is 5.39. The Morgan fingerprint density at radius 1 is 1.23 bits per heavy atom. The number of aliphatic hydroxyl groups is 1. The summed E-state index contributed by atoms with van der Waals surface area (Å²) in [5.74, 6) is -2.54. The van der Waals surface area contributed by atoms with Crippen LogP contribution in [0.15, 0.2) is 49.6 Å². The van der Waals surface area contributed by atoms with Crippen LogP contribution in [0.1, 0.15) is 47.0 Å². The van der Waals surface area contributed by atoms with Crippen molar-refractivity contribution >= 4 is 35.0 Å². The Labute approximate surface area is 242 Å². The number of fused-ring (bicyclic) bond motifs is 1. The highest BCUT2D eigenvalue weighted by molar-refractivity contribution is 6.34. The minimum absolute atomic E-state index is 0.0877. The van der Waals surface area contributed by atoms with E-state index < -0.39 is 35.1 Å². The van der Waals surface area contributed by atoms with Crippen LogP contribution in [-0.2, 0) is 19.1 Å². The van der Waals surface area contributed by atoms with Gasteiger partial charge in [-0.3, -0.25) is 14.4 Å². The second-order valence-electron chi connectivity index (χ2n) is 11.5. The highest BCUT2D eigenvalue weighted by Gasteiger charge is 2.80. The lowest BCUT2D eigenvalue weighted by molar-refractivity contribution is -0.153. The van der Waals surface area contributed by atoms with Crippen LogP contribution in [0, 0.1) is 17.8 Å². The van der Waals surface area contributed by atoms with Gasteiger partial charge >= 0.3 is 0 Å². The Morgan fingerprint density at radius 3 is 2.48 bits per heavy atom. The van der Waals surface area contributed by atoms with Gasteiger partial charge < -0.3 is 24.5 Å². The zero-order chi connectivity index (χ0) is 29.4. The molecule has 7 atom stereocenters. The number of benzene rings is 1. The van der Waals surface area contributed by atoms with Gasteiger partial charge in [0.15, 0.2) is 0 Å². The summed E-state index contributed by atoms with van der Waals surface area (Å²) < 4.78 is 6.87. The first kappa shape index (κ1) is 30.3. The molecule has 3 aliphatic heterocycles. The van der Waals surface area contributed by atoms with Crippen LogP contribution in [0.2, 0.25) is 5.02 Å². The third kappa shape index (κ3) is 4.48. The number of ether oxygens (including phenoxy) is 1. The summed E-state index contributed by atoms with van der Waals surface area (Å²) in [5, 5.41) is 10.8. The maximum Gasteiger partial charge on any atom is 0.253 e. The third-order valence-electron chi connectivity index (χ3n) is 9.20. The van der Waals surface area contributed by atoms with Crippen molar-refractivity contribution in [1.29, 1.82) is 0 Å². The number of amides is 3. The first-order valence-corrected chi connectivity index (χ1v) is 14.6. The summed E-state index contributed by atoms with van der Waals surface area (Å²) in [5.41, 5.74) is -1.65. The van der Waals surface area contributed by atoms with Gasteiger partial charge in [0, 0.05) is 19.6 Å². The maximum atomic E-state index is 14.7. The van der Waals surface area contributed by atoms with Gasteiger partial charge in [0.05, 0.1) is 40.8 Å². The van der Waals surface area contributed by atoms with E-state index in [1.54, 1.807) is 41.3 Å². The monoisotopic (exact) mass is 571 g/mol. The van der Waals surface area contributed by atoms with E-state index in [1.807, 2.05) is 27.7 Å². The van der Waals surface area contributed by atoms with E-state index in [0.29, 0.717) is 36.6 Å². The number of para-hydroxylation sites is 1. The van der Waals surface area contributed by atoms with Gasteiger partial charge in [-0.15, -0.1) is 13.2 Å². The standard InChI is InChI=1S/C31H42ClN3O5/c1-7-15-33(16-8-2)27(37)24-25-28(38)35(21(10-4)19-36)26(31(25)18-20(5)30(24,6)40-31)29(39)34(17-9-3)23-14-12-11-13-22(23)32/h7,9,11-14,20-21,24-26,36H,1,3,8,10,15-19H2,2,4-6H3/t20?,21-,24+,25-,26?,30-,31?/m0/s1. The third-order valence-corrected chi connectivity index (χ3v) is 9.52. The lowest BCUT2D eigenvalue weighted by Crippen LogP contribution is -2.59. The number of nitrogens with zero attached hydrogens (tertiary/aromatic N) is 3. The van der Waals surface area contributed by atoms with Crippen LogP contribution in [0.4, 0.5) is 5.69 Å². The van der Waals surface area contributed by atoms with E-state index in [2.05, 4.69) is 13.2 Å². The SMILES string of the molecule is C=CCN(CCC)C(=O)[C@H]1[C@H]2C(=O)N([C@@H](CC)CO)C(C(=O)N(CC=C)c3ccccc3Cl)C23CC(C)[C@]1(C)O3. The fourth-order valence-electron chi connectivity index (χ4n) is 7.31. The molecule has 2 bridgehead atoms. The molecule has 3 heterocycles. The molecule has 3 aliphatic rings. The second kappa shape index (κ2) is 11.7. The van der Waals surface area contributed by atoms with Gasteiger partial charge in [-0.1, -0.05) is 56.7 Å². The minimum Gasteiger partial charge on any atom is -0.394 e. The Kier molecular flexibility index (Phi) is 8.83. The molecular weight excluding hydrogens is 530 g/mol. The van der Waals surface area contributed by atoms with Gasteiger partial charge in [-0.05, 0) is 44.2 Å². The predicted octanol–water partition coefficient (Wildman–Crippen LogP) is 4.07. The second-order valence-corrected chi connectivity index (χ2v) is 11.9. The molecule has 3 fully saturated rings. The lowest BCUT2D eigenvalue weighted by atomic mass is 9.62. The van der Waals surface area contributed by atoms with Crippen molar-refractivity contribution in [3.05, 3.63) is 54.6 Å². The van der Waals surface area contributed by atoms with Crippen LogP contribution in [0.3, 0.4) is 0 Å². The van der Waals surface area contributed by atoms with Crippen LogP contribution in [0.25, 0.3) is 0 Å². The number of hydrogen-bond donors (Lipinski definition) is 1. The molecule has 4 rings (SSSR count). The van der Waals surface area contributed by atoms with Crippen molar-refractivity contribution in [2.75, 3.05) is 31.1 Å². The zero-order valence-electron chi connectivity index (χ0n) is 24.0. The first-order valence-electron chi connectivity index (χ1n) is 14.3. The summed E-state index contributed by atoms with van der Waals surface area (Å²) >= 11 is 6.54. The number of likely N-dealkylation sites (tertiary alicyclic amines) is 1. The van der Waals surface area contributed by atoms with E-state index in [4.69, 9.17) is 16.3 Å². The van der Waals surface area contributed by atoms with E-state index in [-0.39, 0.29) is 36.8 Å². The predicted molar refractivity (Wildman–Crippen MR) is 156 cm³/mol. The molecule has 0 aliphatic carbocycles. The Morgan fingerprint density at radius 2 is 1.90 bits per heavy atom. The number of carbonyl (C=O) groups is 3. The molecule has 1 N–H and O–H groups in total. The molecule has 3 unspecified atom stereocenters. The number of rotatable bonds is 12.